The number of alkyl halides is 2. The molecule has 0 aromatic heterocycles. The summed E-state index contributed by atoms with van der Waals surface area (Å²) in [6, 6.07) is 4.98. The van der Waals surface area contributed by atoms with Crippen molar-refractivity contribution in [2.75, 3.05) is 20.8 Å². The third kappa shape index (κ3) is 4.45. The first-order chi connectivity index (χ1) is 8.99. The molecule has 7 heteroatoms. The summed E-state index contributed by atoms with van der Waals surface area (Å²) in [7, 11) is 3.02. The van der Waals surface area contributed by atoms with E-state index in [0.29, 0.717) is 17.1 Å². The summed E-state index contributed by atoms with van der Waals surface area (Å²) in [5.41, 5.74) is 0.582. The molecule has 1 rings (SSSR count). The predicted octanol–water partition coefficient (Wildman–Crippen LogP) is 1.66. The minimum atomic E-state index is -1.15. The van der Waals surface area contributed by atoms with E-state index in [2.05, 4.69) is 5.32 Å². The van der Waals surface area contributed by atoms with Gasteiger partial charge >= 0.3 is 0 Å². The first kappa shape index (κ1) is 15.9. The van der Waals surface area contributed by atoms with E-state index >= 15 is 0 Å². The fourth-order valence-electron chi connectivity index (χ4n) is 1.45. The molecule has 5 nitrogen and oxygen atoms in total. The van der Waals surface area contributed by atoms with Crippen molar-refractivity contribution in [3.8, 4) is 11.5 Å². The number of carbonyl (C=O) groups excluding carboxylic acids is 1. The van der Waals surface area contributed by atoms with Crippen LogP contribution in [-0.2, 0) is 4.79 Å². The normalized spacial score (nSPS) is 12.1. The van der Waals surface area contributed by atoms with Crippen LogP contribution in [0.25, 0.3) is 0 Å². The van der Waals surface area contributed by atoms with E-state index in [9.17, 15) is 9.90 Å². The molecule has 1 aromatic rings. The second-order valence-electron chi connectivity index (χ2n) is 3.68. The van der Waals surface area contributed by atoms with Crippen molar-refractivity contribution < 1.29 is 19.4 Å². The first-order valence-corrected chi connectivity index (χ1v) is 6.32. The number of halogens is 2. The number of aliphatic hydroxyl groups is 1. The van der Waals surface area contributed by atoms with Crippen LogP contribution in [0, 0.1) is 0 Å². The lowest BCUT2D eigenvalue weighted by Crippen LogP contribution is -2.32. The van der Waals surface area contributed by atoms with Crippen molar-refractivity contribution in [3.63, 3.8) is 0 Å². The zero-order chi connectivity index (χ0) is 14.4. The van der Waals surface area contributed by atoms with Crippen molar-refractivity contribution >= 4 is 29.1 Å². The number of carbonyl (C=O) groups is 1. The molecule has 0 radical (unpaired) electrons. The van der Waals surface area contributed by atoms with Crippen molar-refractivity contribution in [1.82, 2.24) is 5.32 Å². The molecule has 0 spiro atoms. The van der Waals surface area contributed by atoms with Crippen LogP contribution in [0.2, 0.25) is 0 Å². The maximum absolute atomic E-state index is 11.2. The van der Waals surface area contributed by atoms with E-state index in [1.54, 1.807) is 18.2 Å². The standard InChI is InChI=1S/C12H15Cl2NO4/c1-18-9-4-3-7(5-10(9)19-2)8(16)6-15-12(17)11(13)14/h3-5,8,11,16H,6H2,1-2H3,(H,15,17). The number of benzene rings is 1. The Hall–Kier alpha value is -1.17. The van der Waals surface area contributed by atoms with Gasteiger partial charge in [-0.05, 0) is 17.7 Å². The maximum Gasteiger partial charge on any atom is 0.253 e. The molecular formula is C12H15Cl2NO4. The summed E-state index contributed by atoms with van der Waals surface area (Å²) < 4.78 is 10.2. The number of nitrogens with one attached hydrogen (secondary N) is 1. The highest BCUT2D eigenvalue weighted by molar-refractivity contribution is 6.53. The van der Waals surface area contributed by atoms with Crippen LogP contribution < -0.4 is 14.8 Å². The van der Waals surface area contributed by atoms with Crippen molar-refractivity contribution in [2.24, 2.45) is 0 Å². The Morgan fingerprint density at radius 1 is 1.32 bits per heavy atom. The van der Waals surface area contributed by atoms with Gasteiger partial charge in [-0.15, -0.1) is 0 Å². The number of ether oxygens (including phenoxy) is 2. The first-order valence-electron chi connectivity index (χ1n) is 5.45. The molecule has 0 aliphatic carbocycles. The molecule has 0 fully saturated rings. The number of hydrogen-bond acceptors (Lipinski definition) is 4. The highest BCUT2D eigenvalue weighted by atomic mass is 35.5. The lowest BCUT2D eigenvalue weighted by atomic mass is 10.1. The zero-order valence-electron chi connectivity index (χ0n) is 10.5. The Labute approximate surface area is 121 Å². The van der Waals surface area contributed by atoms with Crippen LogP contribution >= 0.6 is 23.2 Å². The van der Waals surface area contributed by atoms with Gasteiger partial charge in [-0.25, -0.2) is 0 Å². The second kappa shape index (κ2) is 7.43. The second-order valence-corrected chi connectivity index (χ2v) is 4.77. The molecule has 1 unspecified atom stereocenters. The van der Waals surface area contributed by atoms with Gasteiger partial charge < -0.3 is 19.9 Å². The summed E-state index contributed by atoms with van der Waals surface area (Å²) in [5.74, 6) is 0.505. The van der Waals surface area contributed by atoms with Crippen LogP contribution in [0.5, 0.6) is 11.5 Å². The molecule has 1 aromatic carbocycles. The topological polar surface area (TPSA) is 67.8 Å². The number of methoxy groups -OCH3 is 2. The van der Waals surface area contributed by atoms with Gasteiger partial charge in [-0.2, -0.15) is 0 Å². The number of amides is 1. The average Bonchev–Trinajstić information content (AvgIpc) is 2.43. The SMILES string of the molecule is COc1ccc(C(O)CNC(=O)C(Cl)Cl)cc1OC. The fraction of sp³-hybridized carbons (Fsp3) is 0.417. The minimum Gasteiger partial charge on any atom is -0.493 e. The fourth-order valence-corrected chi connectivity index (χ4v) is 1.61. The molecule has 0 saturated heterocycles. The Kier molecular flexibility index (Phi) is 6.21. The van der Waals surface area contributed by atoms with E-state index in [4.69, 9.17) is 32.7 Å². The zero-order valence-corrected chi connectivity index (χ0v) is 12.0. The van der Waals surface area contributed by atoms with Gasteiger partial charge in [0, 0.05) is 6.54 Å². The van der Waals surface area contributed by atoms with Crippen molar-refractivity contribution in [1.29, 1.82) is 0 Å². The summed E-state index contributed by atoms with van der Waals surface area (Å²) >= 11 is 10.8. The summed E-state index contributed by atoms with van der Waals surface area (Å²) in [6.07, 6.45) is -0.893. The third-order valence-electron chi connectivity index (χ3n) is 2.46. The number of hydrogen-bond donors (Lipinski definition) is 2. The van der Waals surface area contributed by atoms with Gasteiger partial charge in [0.1, 0.15) is 0 Å². The Balaban J connectivity index is 2.72. The lowest BCUT2D eigenvalue weighted by molar-refractivity contribution is -0.119. The van der Waals surface area contributed by atoms with Crippen molar-refractivity contribution in [2.45, 2.75) is 10.9 Å². The molecule has 0 aliphatic rings. The van der Waals surface area contributed by atoms with Crippen LogP contribution in [0.3, 0.4) is 0 Å². The minimum absolute atomic E-state index is 0.00422. The van der Waals surface area contributed by atoms with Gasteiger partial charge in [0.2, 0.25) is 0 Å². The molecule has 0 aliphatic heterocycles. The van der Waals surface area contributed by atoms with Gasteiger partial charge in [0.05, 0.1) is 20.3 Å². The van der Waals surface area contributed by atoms with Crippen molar-refractivity contribution in [3.05, 3.63) is 23.8 Å². The highest BCUT2D eigenvalue weighted by Gasteiger charge is 2.15. The van der Waals surface area contributed by atoms with Gasteiger partial charge in [0.15, 0.2) is 16.3 Å². The number of aliphatic hydroxyl groups excluding tert-OH is 1. The van der Waals surface area contributed by atoms with Crippen LogP contribution in [0.15, 0.2) is 18.2 Å². The monoisotopic (exact) mass is 307 g/mol. The molecule has 1 amide bonds. The van der Waals surface area contributed by atoms with Crippen LogP contribution in [-0.4, -0.2) is 36.6 Å². The largest absolute Gasteiger partial charge is 0.493 e. The Morgan fingerprint density at radius 3 is 2.47 bits per heavy atom. The van der Waals surface area contributed by atoms with E-state index in [1.165, 1.54) is 14.2 Å². The predicted molar refractivity (Wildman–Crippen MR) is 73.0 cm³/mol. The van der Waals surface area contributed by atoms with Crippen LogP contribution in [0.1, 0.15) is 11.7 Å². The molecule has 106 valence electrons. The summed E-state index contributed by atoms with van der Waals surface area (Å²) in [5, 5.41) is 12.4. The van der Waals surface area contributed by atoms with E-state index < -0.39 is 16.8 Å². The maximum atomic E-state index is 11.2. The van der Waals surface area contributed by atoms with Gasteiger partial charge in [0.25, 0.3) is 5.91 Å². The molecular weight excluding hydrogens is 293 g/mol. The Morgan fingerprint density at radius 2 is 1.95 bits per heavy atom. The van der Waals surface area contributed by atoms with Crippen LogP contribution in [0.4, 0.5) is 0 Å². The molecule has 0 saturated carbocycles. The smallest absolute Gasteiger partial charge is 0.253 e. The summed E-state index contributed by atoms with van der Waals surface area (Å²) in [6.45, 7) is 0.00422. The number of rotatable bonds is 6. The summed E-state index contributed by atoms with van der Waals surface area (Å²) in [4.78, 5) is 10.0. The van der Waals surface area contributed by atoms with E-state index in [0.717, 1.165) is 0 Å². The molecule has 19 heavy (non-hydrogen) atoms. The van der Waals surface area contributed by atoms with Gasteiger partial charge in [-0.3, -0.25) is 4.79 Å². The third-order valence-corrected chi connectivity index (χ3v) is 2.86. The van der Waals surface area contributed by atoms with E-state index in [1.807, 2.05) is 0 Å². The average molecular weight is 308 g/mol. The quantitative estimate of drug-likeness (QED) is 0.784. The lowest BCUT2D eigenvalue weighted by Gasteiger charge is -2.15. The molecule has 2 N–H and O–H groups in total. The highest BCUT2D eigenvalue weighted by Crippen LogP contribution is 2.29. The van der Waals surface area contributed by atoms with E-state index in [-0.39, 0.29) is 6.54 Å². The molecule has 1 atom stereocenters. The molecule has 0 bridgehead atoms. The Bertz CT molecular complexity index is 440. The molecule has 0 heterocycles. The van der Waals surface area contributed by atoms with Gasteiger partial charge in [-0.1, -0.05) is 29.3 Å².